The molecule has 0 fully saturated rings. The molecule has 0 atom stereocenters. The second-order valence-corrected chi connectivity index (χ2v) is 5.31. The Balaban J connectivity index is 2.16. The molecule has 0 unspecified atom stereocenters. The van der Waals surface area contributed by atoms with Crippen LogP contribution in [0.1, 0.15) is 12.8 Å². The molecule has 3 N–H and O–H groups in total. The molecule has 0 aliphatic carbocycles. The number of nitrogen functional groups attached to an aromatic ring is 1. The molecule has 2 aromatic rings. The number of hydrogen-bond donors (Lipinski definition) is 2. The van der Waals surface area contributed by atoms with Gasteiger partial charge in [-0.2, -0.15) is 13.2 Å². The van der Waals surface area contributed by atoms with Crippen LogP contribution in [-0.4, -0.2) is 17.7 Å². The molecule has 108 valence electrons. The van der Waals surface area contributed by atoms with Gasteiger partial charge in [0.15, 0.2) is 0 Å². The van der Waals surface area contributed by atoms with Crippen molar-refractivity contribution in [3.63, 3.8) is 0 Å². The maximum absolute atomic E-state index is 12.1. The fourth-order valence-electron chi connectivity index (χ4n) is 1.88. The van der Waals surface area contributed by atoms with Crippen LogP contribution in [0.4, 0.5) is 24.5 Å². The van der Waals surface area contributed by atoms with Gasteiger partial charge in [-0.25, -0.2) is 0 Å². The van der Waals surface area contributed by atoms with E-state index < -0.39 is 12.6 Å². The van der Waals surface area contributed by atoms with Crippen molar-refractivity contribution in [2.45, 2.75) is 19.0 Å². The number of rotatable bonds is 4. The molecule has 1 aromatic heterocycles. The van der Waals surface area contributed by atoms with Crippen LogP contribution in [0.2, 0.25) is 0 Å². The van der Waals surface area contributed by atoms with E-state index in [1.807, 2.05) is 18.2 Å². The summed E-state index contributed by atoms with van der Waals surface area (Å²) >= 11 is 3.35. The largest absolute Gasteiger partial charge is 0.396 e. The first-order chi connectivity index (χ1) is 9.37. The second kappa shape index (κ2) is 5.87. The molecule has 0 bridgehead atoms. The molecular weight excluding hydrogens is 335 g/mol. The number of aromatic nitrogens is 1. The van der Waals surface area contributed by atoms with Gasteiger partial charge in [-0.3, -0.25) is 4.98 Å². The first-order valence-electron chi connectivity index (χ1n) is 6.01. The molecule has 2 rings (SSSR count). The van der Waals surface area contributed by atoms with E-state index in [1.165, 1.54) is 6.20 Å². The summed E-state index contributed by atoms with van der Waals surface area (Å²) in [4.78, 5) is 4.18. The van der Waals surface area contributed by atoms with Crippen LogP contribution in [0, 0.1) is 0 Å². The van der Waals surface area contributed by atoms with Crippen LogP contribution in [0.3, 0.4) is 0 Å². The highest BCUT2D eigenvalue weighted by Gasteiger charge is 2.25. The van der Waals surface area contributed by atoms with Crippen LogP contribution in [0.5, 0.6) is 0 Å². The second-order valence-electron chi connectivity index (χ2n) is 4.40. The zero-order chi connectivity index (χ0) is 14.8. The van der Waals surface area contributed by atoms with E-state index in [0.29, 0.717) is 11.4 Å². The number of pyridine rings is 1. The molecule has 0 aliphatic heterocycles. The minimum absolute atomic E-state index is 0.000753. The SMILES string of the molecule is Nc1cnc2ccc(Br)cc2c1NCCCC(F)(F)F. The number of nitrogens with zero attached hydrogens (tertiary/aromatic N) is 1. The van der Waals surface area contributed by atoms with Crippen molar-refractivity contribution in [3.05, 3.63) is 28.9 Å². The Morgan fingerprint density at radius 1 is 1.30 bits per heavy atom. The summed E-state index contributed by atoms with van der Waals surface area (Å²) in [7, 11) is 0. The third-order valence-corrected chi connectivity index (χ3v) is 3.29. The van der Waals surface area contributed by atoms with Crippen molar-refractivity contribution in [2.75, 3.05) is 17.6 Å². The van der Waals surface area contributed by atoms with Crippen molar-refractivity contribution in [2.24, 2.45) is 0 Å². The highest BCUT2D eigenvalue weighted by molar-refractivity contribution is 9.10. The van der Waals surface area contributed by atoms with E-state index in [9.17, 15) is 13.2 Å². The van der Waals surface area contributed by atoms with Crippen molar-refractivity contribution in [1.82, 2.24) is 4.98 Å². The van der Waals surface area contributed by atoms with Crippen LogP contribution in [0.25, 0.3) is 10.9 Å². The summed E-state index contributed by atoms with van der Waals surface area (Å²) in [6.45, 7) is 0.204. The number of fused-ring (bicyclic) bond motifs is 1. The average molecular weight is 348 g/mol. The lowest BCUT2D eigenvalue weighted by Gasteiger charge is -2.13. The average Bonchev–Trinajstić information content (AvgIpc) is 2.35. The minimum atomic E-state index is -4.13. The highest BCUT2D eigenvalue weighted by Crippen LogP contribution is 2.30. The first kappa shape index (κ1) is 14.9. The number of nitrogens with two attached hydrogens (primary N) is 1. The summed E-state index contributed by atoms with van der Waals surface area (Å²) < 4.78 is 37.2. The highest BCUT2D eigenvalue weighted by atomic mass is 79.9. The molecule has 1 aromatic carbocycles. The summed E-state index contributed by atoms with van der Waals surface area (Å²) in [5.74, 6) is 0. The third-order valence-electron chi connectivity index (χ3n) is 2.80. The van der Waals surface area contributed by atoms with Crippen molar-refractivity contribution >= 4 is 38.2 Å². The van der Waals surface area contributed by atoms with Crippen LogP contribution in [0.15, 0.2) is 28.9 Å². The molecule has 7 heteroatoms. The van der Waals surface area contributed by atoms with Crippen LogP contribution >= 0.6 is 15.9 Å². The van der Waals surface area contributed by atoms with Gasteiger partial charge in [-0.05, 0) is 24.6 Å². The van der Waals surface area contributed by atoms with Gasteiger partial charge >= 0.3 is 6.18 Å². The van der Waals surface area contributed by atoms with Crippen molar-refractivity contribution in [3.8, 4) is 0 Å². The zero-order valence-corrected chi connectivity index (χ0v) is 12.1. The molecule has 0 amide bonds. The Morgan fingerprint density at radius 2 is 2.05 bits per heavy atom. The summed E-state index contributed by atoms with van der Waals surface area (Å²) in [6.07, 6.45) is -3.44. The number of halogens is 4. The maximum Gasteiger partial charge on any atom is 0.389 e. The molecule has 0 spiro atoms. The fraction of sp³-hybridized carbons (Fsp3) is 0.308. The quantitative estimate of drug-likeness (QED) is 0.809. The predicted octanol–water partition coefficient (Wildman–Crippen LogP) is 4.33. The number of anilines is 2. The van der Waals surface area contributed by atoms with Gasteiger partial charge in [0.25, 0.3) is 0 Å². The lowest BCUT2D eigenvalue weighted by atomic mass is 10.1. The van der Waals surface area contributed by atoms with E-state index in [-0.39, 0.29) is 13.0 Å². The van der Waals surface area contributed by atoms with Gasteiger partial charge in [-0.1, -0.05) is 15.9 Å². The number of nitrogens with one attached hydrogen (secondary N) is 1. The van der Waals surface area contributed by atoms with E-state index >= 15 is 0 Å². The molecule has 3 nitrogen and oxygen atoms in total. The zero-order valence-electron chi connectivity index (χ0n) is 10.5. The molecule has 0 saturated heterocycles. The molecule has 1 heterocycles. The predicted molar refractivity (Wildman–Crippen MR) is 77.6 cm³/mol. The van der Waals surface area contributed by atoms with Gasteiger partial charge in [0, 0.05) is 22.8 Å². The number of hydrogen-bond acceptors (Lipinski definition) is 3. The Labute approximate surface area is 122 Å². The standard InChI is InChI=1S/C13H13BrF3N3/c14-8-2-3-11-9(6-8)12(10(18)7-20-11)19-5-1-4-13(15,16)17/h2-3,6-7H,1,4-5,18H2,(H,19,20). The van der Waals surface area contributed by atoms with Gasteiger partial charge in [0.2, 0.25) is 0 Å². The van der Waals surface area contributed by atoms with Crippen molar-refractivity contribution < 1.29 is 13.2 Å². The monoisotopic (exact) mass is 347 g/mol. The lowest BCUT2D eigenvalue weighted by molar-refractivity contribution is -0.134. The van der Waals surface area contributed by atoms with E-state index in [2.05, 4.69) is 26.2 Å². The van der Waals surface area contributed by atoms with Crippen LogP contribution in [-0.2, 0) is 0 Å². The van der Waals surface area contributed by atoms with E-state index in [1.54, 1.807) is 0 Å². The fourth-order valence-corrected chi connectivity index (χ4v) is 2.24. The molecular formula is C13H13BrF3N3. The number of benzene rings is 1. The Kier molecular flexibility index (Phi) is 4.37. The lowest BCUT2D eigenvalue weighted by Crippen LogP contribution is -2.12. The molecule has 0 saturated carbocycles. The number of alkyl halides is 3. The van der Waals surface area contributed by atoms with Crippen molar-refractivity contribution in [1.29, 1.82) is 0 Å². The summed E-state index contributed by atoms with van der Waals surface area (Å²) in [5, 5.41) is 3.75. The maximum atomic E-state index is 12.1. The van der Waals surface area contributed by atoms with E-state index in [4.69, 9.17) is 5.73 Å². The third kappa shape index (κ3) is 3.75. The van der Waals surface area contributed by atoms with Crippen LogP contribution < -0.4 is 11.1 Å². The normalized spacial score (nSPS) is 11.8. The Morgan fingerprint density at radius 3 is 2.75 bits per heavy atom. The Bertz CT molecular complexity index is 608. The molecule has 0 radical (unpaired) electrons. The van der Waals surface area contributed by atoms with Gasteiger partial charge < -0.3 is 11.1 Å². The van der Waals surface area contributed by atoms with E-state index in [0.717, 1.165) is 15.4 Å². The topological polar surface area (TPSA) is 50.9 Å². The molecule has 0 aliphatic rings. The van der Waals surface area contributed by atoms with Gasteiger partial charge in [0.05, 0.1) is 23.1 Å². The van der Waals surface area contributed by atoms with Gasteiger partial charge in [0.1, 0.15) is 0 Å². The summed E-state index contributed by atoms with van der Waals surface area (Å²) in [5.41, 5.74) is 7.62. The minimum Gasteiger partial charge on any atom is -0.396 e. The smallest absolute Gasteiger partial charge is 0.389 e. The summed E-state index contributed by atoms with van der Waals surface area (Å²) in [6, 6.07) is 5.50. The molecule has 20 heavy (non-hydrogen) atoms. The Hall–Kier alpha value is -1.50. The van der Waals surface area contributed by atoms with Gasteiger partial charge in [-0.15, -0.1) is 0 Å². The first-order valence-corrected chi connectivity index (χ1v) is 6.80.